The molecule has 0 N–H and O–H groups in total. The van der Waals surface area contributed by atoms with E-state index in [1.165, 1.54) is 19.3 Å². The molecule has 0 radical (unpaired) electrons. The Labute approximate surface area is 177 Å². The lowest BCUT2D eigenvalue weighted by Gasteiger charge is -2.57. The van der Waals surface area contributed by atoms with Gasteiger partial charge in [-0.25, -0.2) is 0 Å². The first kappa shape index (κ1) is 18.4. The van der Waals surface area contributed by atoms with Gasteiger partial charge in [0.1, 0.15) is 5.75 Å². The Balaban J connectivity index is 1.10. The Morgan fingerprint density at radius 1 is 1.13 bits per heavy atom. The van der Waals surface area contributed by atoms with Crippen LogP contribution in [0.25, 0.3) is 0 Å². The van der Waals surface area contributed by atoms with Gasteiger partial charge in [-0.3, -0.25) is 4.79 Å². The molecule has 1 amide bonds. The molecular weight excluding hydrogens is 378 g/mol. The lowest BCUT2D eigenvalue weighted by Crippen LogP contribution is -2.59. The van der Waals surface area contributed by atoms with Crippen molar-refractivity contribution >= 4 is 5.91 Å². The highest BCUT2D eigenvalue weighted by Gasteiger charge is 2.56. The number of aromatic nitrogens is 2. The molecule has 1 saturated heterocycles. The van der Waals surface area contributed by atoms with E-state index in [9.17, 15) is 4.79 Å². The lowest BCUT2D eigenvalue weighted by atomic mass is 9.49. The third-order valence-electron chi connectivity index (χ3n) is 8.03. The summed E-state index contributed by atoms with van der Waals surface area (Å²) in [4.78, 5) is 20.1. The van der Waals surface area contributed by atoms with Crippen molar-refractivity contribution in [3.05, 3.63) is 41.5 Å². The minimum absolute atomic E-state index is 0.0520. The number of benzene rings is 1. The highest BCUT2D eigenvalue weighted by Crippen LogP contribution is 2.61. The summed E-state index contributed by atoms with van der Waals surface area (Å²) in [7, 11) is 1.67. The molecule has 4 aliphatic carbocycles. The van der Waals surface area contributed by atoms with Crippen molar-refractivity contribution in [3.63, 3.8) is 0 Å². The quantitative estimate of drug-likeness (QED) is 0.754. The summed E-state index contributed by atoms with van der Waals surface area (Å²) in [5.41, 5.74) is 0.989. The topological polar surface area (TPSA) is 68.5 Å². The van der Waals surface area contributed by atoms with Crippen LogP contribution in [0, 0.1) is 23.2 Å². The van der Waals surface area contributed by atoms with E-state index in [-0.39, 0.29) is 11.3 Å². The second-order valence-corrected chi connectivity index (χ2v) is 10.1. The van der Waals surface area contributed by atoms with Crippen molar-refractivity contribution in [2.24, 2.45) is 23.2 Å². The van der Waals surface area contributed by atoms with Crippen LogP contribution in [0.1, 0.15) is 61.7 Å². The molecule has 4 saturated carbocycles. The van der Waals surface area contributed by atoms with E-state index >= 15 is 0 Å². The van der Waals surface area contributed by atoms with Crippen LogP contribution in [0.3, 0.4) is 0 Å². The summed E-state index contributed by atoms with van der Waals surface area (Å²) in [6, 6.07) is 7.90. The molecule has 0 spiro atoms. The second kappa shape index (κ2) is 6.82. The standard InChI is InChI=1S/C24H29N3O3/c1-29-20-5-3-2-4-18(20)9-21-25-22(30-26-21)19-13-27(14-19)23(28)24-10-15-6-16(11-24)8-17(7-15)12-24/h2-5,15-17,19H,6-14H2,1H3. The molecule has 2 aromatic rings. The zero-order chi connectivity index (χ0) is 20.3. The molecule has 30 heavy (non-hydrogen) atoms. The Kier molecular flexibility index (Phi) is 4.19. The van der Waals surface area contributed by atoms with Crippen molar-refractivity contribution in [2.45, 2.75) is 50.9 Å². The molecule has 4 bridgehead atoms. The molecule has 1 aromatic heterocycles. The maximum absolute atomic E-state index is 13.4. The lowest BCUT2D eigenvalue weighted by molar-refractivity contribution is -0.162. The number of ether oxygens (including phenoxy) is 1. The van der Waals surface area contributed by atoms with E-state index in [4.69, 9.17) is 9.26 Å². The molecule has 6 heteroatoms. The van der Waals surface area contributed by atoms with Crippen LogP contribution in [0.15, 0.2) is 28.8 Å². The van der Waals surface area contributed by atoms with Gasteiger partial charge >= 0.3 is 0 Å². The number of nitrogens with zero attached hydrogens (tertiary/aromatic N) is 3. The fourth-order valence-electron chi connectivity index (χ4n) is 7.03. The third-order valence-corrected chi connectivity index (χ3v) is 8.03. The van der Waals surface area contributed by atoms with Crippen molar-refractivity contribution in [1.82, 2.24) is 15.0 Å². The number of hydrogen-bond donors (Lipinski definition) is 0. The maximum atomic E-state index is 13.4. The molecule has 0 atom stereocenters. The summed E-state index contributed by atoms with van der Waals surface area (Å²) >= 11 is 0. The van der Waals surface area contributed by atoms with Gasteiger partial charge in [-0.05, 0) is 62.3 Å². The third kappa shape index (κ3) is 2.95. The molecule has 5 fully saturated rings. The van der Waals surface area contributed by atoms with Gasteiger partial charge in [0, 0.05) is 25.1 Å². The molecule has 1 aliphatic heterocycles. The van der Waals surface area contributed by atoms with Gasteiger partial charge < -0.3 is 14.2 Å². The van der Waals surface area contributed by atoms with Gasteiger partial charge in [0.05, 0.1) is 18.4 Å². The summed E-state index contributed by atoms with van der Waals surface area (Å²) < 4.78 is 11.0. The Morgan fingerprint density at radius 3 is 2.47 bits per heavy atom. The summed E-state index contributed by atoms with van der Waals surface area (Å²) in [5.74, 6) is 5.13. The van der Waals surface area contributed by atoms with Crippen molar-refractivity contribution in [1.29, 1.82) is 0 Å². The van der Waals surface area contributed by atoms with Crippen molar-refractivity contribution in [3.8, 4) is 5.75 Å². The number of hydrogen-bond acceptors (Lipinski definition) is 5. The first-order valence-corrected chi connectivity index (χ1v) is 11.4. The van der Waals surface area contributed by atoms with E-state index < -0.39 is 0 Å². The van der Waals surface area contributed by atoms with Crippen molar-refractivity contribution in [2.75, 3.05) is 20.2 Å². The number of amides is 1. The number of carbonyl (C=O) groups is 1. The van der Waals surface area contributed by atoms with Gasteiger partial charge in [-0.1, -0.05) is 23.4 Å². The molecule has 0 unspecified atom stereocenters. The Morgan fingerprint density at radius 2 is 1.80 bits per heavy atom. The smallest absolute Gasteiger partial charge is 0.233 e. The van der Waals surface area contributed by atoms with Gasteiger partial charge in [-0.15, -0.1) is 0 Å². The summed E-state index contributed by atoms with van der Waals surface area (Å²) in [6.07, 6.45) is 8.06. The Hall–Kier alpha value is -2.37. The highest BCUT2D eigenvalue weighted by molar-refractivity contribution is 5.84. The number of likely N-dealkylation sites (tertiary alicyclic amines) is 1. The van der Waals surface area contributed by atoms with Crippen LogP contribution in [0.2, 0.25) is 0 Å². The maximum Gasteiger partial charge on any atom is 0.233 e. The van der Waals surface area contributed by atoms with E-state index in [2.05, 4.69) is 15.0 Å². The second-order valence-electron chi connectivity index (χ2n) is 10.1. The molecule has 7 rings (SSSR count). The Bertz CT molecular complexity index is 927. The molecular formula is C24H29N3O3. The fraction of sp³-hybridized carbons (Fsp3) is 0.625. The number of carbonyl (C=O) groups excluding carboxylic acids is 1. The van der Waals surface area contributed by atoms with E-state index in [1.807, 2.05) is 24.3 Å². The van der Waals surface area contributed by atoms with E-state index in [1.54, 1.807) is 7.11 Å². The minimum atomic E-state index is -0.0520. The molecule has 1 aromatic carbocycles. The summed E-state index contributed by atoms with van der Waals surface area (Å²) in [5, 5.41) is 4.17. The predicted molar refractivity (Wildman–Crippen MR) is 110 cm³/mol. The fourth-order valence-corrected chi connectivity index (χ4v) is 7.03. The van der Waals surface area contributed by atoms with E-state index in [0.29, 0.717) is 24.0 Å². The van der Waals surface area contributed by atoms with Gasteiger partial charge in [-0.2, -0.15) is 4.98 Å². The zero-order valence-corrected chi connectivity index (χ0v) is 17.5. The van der Waals surface area contributed by atoms with Crippen LogP contribution in [0.5, 0.6) is 5.75 Å². The molecule has 6 nitrogen and oxygen atoms in total. The molecule has 2 heterocycles. The largest absolute Gasteiger partial charge is 0.496 e. The number of rotatable bonds is 5. The normalized spacial score (nSPS) is 32.3. The van der Waals surface area contributed by atoms with Gasteiger partial charge in [0.2, 0.25) is 11.8 Å². The van der Waals surface area contributed by atoms with Crippen LogP contribution >= 0.6 is 0 Å². The zero-order valence-electron chi connectivity index (χ0n) is 17.5. The molecule has 5 aliphatic rings. The van der Waals surface area contributed by atoms with E-state index in [0.717, 1.165) is 61.4 Å². The number of para-hydroxylation sites is 1. The minimum Gasteiger partial charge on any atom is -0.496 e. The highest BCUT2D eigenvalue weighted by atomic mass is 16.5. The van der Waals surface area contributed by atoms with Crippen molar-refractivity contribution < 1.29 is 14.1 Å². The summed E-state index contributed by atoms with van der Waals surface area (Å²) in [6.45, 7) is 1.44. The average molecular weight is 408 g/mol. The average Bonchev–Trinajstić information content (AvgIpc) is 3.14. The van der Waals surface area contributed by atoms with Crippen LogP contribution < -0.4 is 4.74 Å². The van der Waals surface area contributed by atoms with Gasteiger partial charge in [0.25, 0.3) is 0 Å². The predicted octanol–water partition coefficient (Wildman–Crippen LogP) is 3.81. The van der Waals surface area contributed by atoms with Crippen LogP contribution in [-0.4, -0.2) is 41.1 Å². The first-order valence-electron chi connectivity index (χ1n) is 11.4. The SMILES string of the molecule is COc1ccccc1Cc1noc(C2CN(C(=O)C34CC5CC(CC(C5)C3)C4)C2)n1. The van der Waals surface area contributed by atoms with Gasteiger partial charge in [0.15, 0.2) is 5.82 Å². The first-order chi connectivity index (χ1) is 14.6. The van der Waals surface area contributed by atoms with Crippen LogP contribution in [0.4, 0.5) is 0 Å². The monoisotopic (exact) mass is 407 g/mol. The molecule has 158 valence electrons. The van der Waals surface area contributed by atoms with Crippen LogP contribution in [-0.2, 0) is 11.2 Å². The number of methoxy groups -OCH3 is 1.